The average molecular weight is 287 g/mol. The number of nitrogens with zero attached hydrogens (tertiary/aromatic N) is 2. The van der Waals surface area contributed by atoms with Gasteiger partial charge in [-0.2, -0.15) is 0 Å². The number of aliphatic imine (C=N–C) groups is 1. The minimum Gasteiger partial charge on any atom is -0.381 e. The van der Waals surface area contributed by atoms with Crippen LogP contribution in [-0.4, -0.2) is 55.9 Å². The number of hydrogen-bond donors (Lipinski definition) is 1. The molecule has 0 saturated carbocycles. The van der Waals surface area contributed by atoms with Gasteiger partial charge in [0.2, 0.25) is 5.91 Å². The molecule has 2 heterocycles. The van der Waals surface area contributed by atoms with E-state index in [1.165, 1.54) is 0 Å². The van der Waals surface area contributed by atoms with E-state index in [4.69, 9.17) is 4.74 Å². The number of fused-ring (bicyclic) bond motifs is 1. The van der Waals surface area contributed by atoms with Gasteiger partial charge < -0.3 is 10.1 Å². The van der Waals surface area contributed by atoms with Crippen molar-refractivity contribution in [1.29, 1.82) is 0 Å². The van der Waals surface area contributed by atoms with Gasteiger partial charge in [-0.05, 0) is 18.9 Å². The van der Waals surface area contributed by atoms with Crippen molar-refractivity contribution in [3.05, 3.63) is 29.8 Å². The van der Waals surface area contributed by atoms with Crippen LogP contribution >= 0.6 is 0 Å². The molecule has 0 radical (unpaired) electrons. The van der Waals surface area contributed by atoms with Gasteiger partial charge in [-0.3, -0.25) is 14.7 Å². The predicted molar refractivity (Wildman–Crippen MR) is 82.9 cm³/mol. The molecule has 5 heteroatoms. The Hall–Kier alpha value is -1.72. The zero-order valence-electron chi connectivity index (χ0n) is 12.3. The van der Waals surface area contributed by atoms with E-state index in [9.17, 15) is 4.79 Å². The summed E-state index contributed by atoms with van der Waals surface area (Å²) in [5, 5.41) is 2.91. The van der Waals surface area contributed by atoms with E-state index in [1.807, 2.05) is 24.3 Å². The minimum absolute atomic E-state index is 0.0458. The normalized spacial score (nSPS) is 20.4. The highest BCUT2D eigenvalue weighted by Crippen LogP contribution is 2.20. The highest BCUT2D eigenvalue weighted by Gasteiger charge is 2.22. The summed E-state index contributed by atoms with van der Waals surface area (Å²) in [5.41, 5.74) is 2.91. The molecule has 3 rings (SSSR count). The van der Waals surface area contributed by atoms with Gasteiger partial charge in [0, 0.05) is 38.0 Å². The van der Waals surface area contributed by atoms with Gasteiger partial charge in [0.25, 0.3) is 0 Å². The molecule has 0 unspecified atom stereocenters. The van der Waals surface area contributed by atoms with Gasteiger partial charge in [0.1, 0.15) is 6.54 Å². The van der Waals surface area contributed by atoms with Gasteiger partial charge in [-0.15, -0.1) is 0 Å². The van der Waals surface area contributed by atoms with Gasteiger partial charge in [0.15, 0.2) is 0 Å². The van der Waals surface area contributed by atoms with Crippen LogP contribution in [0, 0.1) is 0 Å². The van der Waals surface area contributed by atoms with Crippen LogP contribution in [0.25, 0.3) is 0 Å². The van der Waals surface area contributed by atoms with Crippen molar-refractivity contribution < 1.29 is 9.53 Å². The number of ether oxygens (including phenoxy) is 1. The number of hydrogen-bond acceptors (Lipinski definition) is 4. The van der Waals surface area contributed by atoms with Gasteiger partial charge in [0.05, 0.1) is 11.8 Å². The third kappa shape index (κ3) is 3.31. The maximum atomic E-state index is 11.7. The predicted octanol–water partition coefficient (Wildman–Crippen LogP) is 1.54. The zero-order chi connectivity index (χ0) is 14.7. The van der Waals surface area contributed by atoms with Crippen molar-refractivity contribution in [3.8, 4) is 0 Å². The number of amides is 1. The molecule has 1 aromatic rings. The Morgan fingerprint density at radius 1 is 1.33 bits per heavy atom. The Morgan fingerprint density at radius 2 is 2.10 bits per heavy atom. The van der Waals surface area contributed by atoms with Crippen molar-refractivity contribution in [2.75, 3.05) is 38.6 Å². The van der Waals surface area contributed by atoms with E-state index in [1.54, 1.807) is 7.11 Å². The number of methoxy groups -OCH3 is 1. The summed E-state index contributed by atoms with van der Waals surface area (Å²) in [6.07, 6.45) is 2.50. The molecule has 1 fully saturated rings. The number of likely N-dealkylation sites (tertiary alicyclic amines) is 1. The van der Waals surface area contributed by atoms with Crippen LogP contribution in [0.2, 0.25) is 0 Å². The first kappa shape index (κ1) is 14.2. The molecule has 0 atom stereocenters. The molecular formula is C16H21N3O2. The second kappa shape index (κ2) is 6.37. The lowest BCUT2D eigenvalue weighted by atomic mass is 10.0. The molecular weight excluding hydrogens is 266 g/mol. The Bertz CT molecular complexity index is 548. The molecule has 2 aliphatic heterocycles. The number of para-hydroxylation sites is 1. The maximum Gasteiger partial charge on any atom is 0.246 e. The molecule has 112 valence electrons. The lowest BCUT2D eigenvalue weighted by Gasteiger charge is -2.31. The molecule has 1 amide bonds. The highest BCUT2D eigenvalue weighted by atomic mass is 16.5. The fourth-order valence-electron chi connectivity index (χ4n) is 2.94. The fraction of sp³-hybridized carbons (Fsp3) is 0.500. The van der Waals surface area contributed by atoms with Gasteiger partial charge in [-0.25, -0.2) is 0 Å². The first-order valence-electron chi connectivity index (χ1n) is 7.44. The summed E-state index contributed by atoms with van der Waals surface area (Å²) >= 11 is 0. The fourth-order valence-corrected chi connectivity index (χ4v) is 2.94. The van der Waals surface area contributed by atoms with Crippen molar-refractivity contribution >= 4 is 17.3 Å². The minimum atomic E-state index is -0.0458. The van der Waals surface area contributed by atoms with Crippen LogP contribution in [0.1, 0.15) is 18.4 Å². The van der Waals surface area contributed by atoms with Gasteiger partial charge in [-0.1, -0.05) is 18.2 Å². The smallest absolute Gasteiger partial charge is 0.246 e. The Labute approximate surface area is 125 Å². The Morgan fingerprint density at radius 3 is 2.86 bits per heavy atom. The van der Waals surface area contributed by atoms with Gasteiger partial charge >= 0.3 is 0 Å². The number of benzodiazepines with no additional fused rings is 1. The third-order valence-corrected chi connectivity index (χ3v) is 4.17. The quantitative estimate of drug-likeness (QED) is 0.917. The second-order valence-electron chi connectivity index (χ2n) is 5.57. The SMILES string of the molecule is COC1CCN(CC2=NCC(=O)Nc3ccccc32)CC1. The van der Waals surface area contributed by atoms with Crippen LogP contribution in [0.15, 0.2) is 29.3 Å². The first-order chi connectivity index (χ1) is 10.3. The van der Waals surface area contributed by atoms with Crippen LogP contribution in [0.3, 0.4) is 0 Å². The summed E-state index contributed by atoms with van der Waals surface area (Å²) in [7, 11) is 1.78. The number of nitrogens with one attached hydrogen (secondary N) is 1. The molecule has 0 bridgehead atoms. The Kier molecular flexibility index (Phi) is 4.31. The van der Waals surface area contributed by atoms with E-state index in [-0.39, 0.29) is 12.5 Å². The summed E-state index contributed by atoms with van der Waals surface area (Å²) in [6.45, 7) is 3.03. The number of carbonyl (C=O) groups excluding carboxylic acids is 1. The topological polar surface area (TPSA) is 53.9 Å². The standard InChI is InChI=1S/C16H21N3O2/c1-21-12-6-8-19(9-7-12)11-15-13-4-2-3-5-14(13)18-16(20)10-17-15/h2-5,12H,6-11H2,1H3,(H,18,20). The highest BCUT2D eigenvalue weighted by molar-refractivity contribution is 6.11. The van der Waals surface area contributed by atoms with E-state index in [2.05, 4.69) is 15.2 Å². The van der Waals surface area contributed by atoms with Crippen molar-refractivity contribution in [1.82, 2.24) is 4.90 Å². The third-order valence-electron chi connectivity index (χ3n) is 4.17. The molecule has 2 aliphatic rings. The number of rotatable bonds is 3. The van der Waals surface area contributed by atoms with Crippen LogP contribution < -0.4 is 5.32 Å². The summed E-state index contributed by atoms with van der Waals surface area (Å²) in [5.74, 6) is -0.0458. The van der Waals surface area contributed by atoms with Crippen LogP contribution in [-0.2, 0) is 9.53 Å². The largest absolute Gasteiger partial charge is 0.381 e. The molecule has 5 nitrogen and oxygen atoms in total. The lowest BCUT2D eigenvalue weighted by molar-refractivity contribution is -0.114. The number of benzene rings is 1. The van der Waals surface area contributed by atoms with Crippen LogP contribution in [0.5, 0.6) is 0 Å². The first-order valence-corrected chi connectivity index (χ1v) is 7.44. The number of anilines is 1. The summed E-state index contributed by atoms with van der Waals surface area (Å²) in [6, 6.07) is 7.89. The molecule has 0 spiro atoms. The average Bonchev–Trinajstić information content (AvgIpc) is 2.67. The van der Waals surface area contributed by atoms with Crippen LogP contribution in [0.4, 0.5) is 5.69 Å². The number of piperidine rings is 1. The van der Waals surface area contributed by atoms with Crippen molar-refractivity contribution in [2.45, 2.75) is 18.9 Å². The maximum absolute atomic E-state index is 11.7. The van der Waals surface area contributed by atoms with Crippen molar-refractivity contribution in [3.63, 3.8) is 0 Å². The molecule has 1 saturated heterocycles. The van der Waals surface area contributed by atoms with E-state index >= 15 is 0 Å². The summed E-state index contributed by atoms with van der Waals surface area (Å²) < 4.78 is 5.41. The summed E-state index contributed by atoms with van der Waals surface area (Å²) in [4.78, 5) is 18.6. The van der Waals surface area contributed by atoms with E-state index in [0.29, 0.717) is 6.10 Å². The Balaban J connectivity index is 1.74. The monoisotopic (exact) mass is 287 g/mol. The molecule has 1 aromatic carbocycles. The van der Waals surface area contributed by atoms with Crippen molar-refractivity contribution in [2.24, 2.45) is 4.99 Å². The second-order valence-corrected chi connectivity index (χ2v) is 5.57. The number of carbonyl (C=O) groups is 1. The molecule has 0 aromatic heterocycles. The molecule has 0 aliphatic carbocycles. The zero-order valence-corrected chi connectivity index (χ0v) is 12.3. The van der Waals surface area contributed by atoms with E-state index < -0.39 is 0 Å². The van der Waals surface area contributed by atoms with E-state index in [0.717, 1.165) is 49.4 Å². The lowest BCUT2D eigenvalue weighted by Crippen LogP contribution is -2.39. The molecule has 1 N–H and O–H groups in total. The molecule has 21 heavy (non-hydrogen) atoms.